The molecule has 1 aromatic carbocycles. The first-order valence-electron chi connectivity index (χ1n) is 8.42. The highest BCUT2D eigenvalue weighted by atomic mass is 127. The first-order valence-corrected chi connectivity index (χ1v) is 8.42. The highest BCUT2D eigenvalue weighted by Gasteiger charge is 2.07. The fraction of sp³-hybridized carbons (Fsp3) is 0.611. The average Bonchev–Trinajstić information content (AvgIpc) is 2.55. The monoisotopic (exact) mass is 449 g/mol. The summed E-state index contributed by atoms with van der Waals surface area (Å²) in [6, 6.07) is 8.06. The van der Waals surface area contributed by atoms with Crippen molar-refractivity contribution in [1.82, 2.24) is 10.6 Å². The van der Waals surface area contributed by atoms with E-state index >= 15 is 0 Å². The summed E-state index contributed by atoms with van der Waals surface area (Å²) in [5, 5.41) is 6.60. The smallest absolute Gasteiger partial charge is 0.191 e. The second-order valence-corrected chi connectivity index (χ2v) is 5.48. The molecule has 0 bridgehead atoms. The Morgan fingerprint density at radius 2 is 1.96 bits per heavy atom. The molecule has 1 atom stereocenters. The van der Waals surface area contributed by atoms with E-state index in [2.05, 4.69) is 35.5 Å². The normalized spacial score (nSPS) is 12.2. The van der Waals surface area contributed by atoms with Crippen molar-refractivity contribution < 1.29 is 9.47 Å². The van der Waals surface area contributed by atoms with E-state index in [0.29, 0.717) is 6.54 Å². The number of ether oxygens (including phenoxy) is 2. The Kier molecular flexibility index (Phi) is 13.7. The van der Waals surface area contributed by atoms with Gasteiger partial charge in [-0.2, -0.15) is 0 Å². The topological polar surface area (TPSA) is 54.9 Å². The number of hydrogen-bond donors (Lipinski definition) is 2. The number of benzene rings is 1. The van der Waals surface area contributed by atoms with Gasteiger partial charge in [0, 0.05) is 26.8 Å². The zero-order chi connectivity index (χ0) is 16.9. The van der Waals surface area contributed by atoms with Crippen molar-refractivity contribution in [2.45, 2.75) is 39.7 Å². The molecule has 1 aromatic rings. The van der Waals surface area contributed by atoms with Crippen molar-refractivity contribution in [1.29, 1.82) is 0 Å². The molecule has 0 aliphatic carbocycles. The van der Waals surface area contributed by atoms with Gasteiger partial charge in [-0.1, -0.05) is 18.2 Å². The van der Waals surface area contributed by atoms with Gasteiger partial charge in [0.25, 0.3) is 0 Å². The largest absolute Gasteiger partial charge is 0.489 e. The third kappa shape index (κ3) is 9.97. The van der Waals surface area contributed by atoms with E-state index in [0.717, 1.165) is 49.9 Å². The molecule has 1 unspecified atom stereocenters. The van der Waals surface area contributed by atoms with E-state index in [1.807, 2.05) is 25.1 Å². The number of hydrogen-bond acceptors (Lipinski definition) is 3. The summed E-state index contributed by atoms with van der Waals surface area (Å²) in [7, 11) is 1.78. The lowest BCUT2D eigenvalue weighted by molar-refractivity contribution is 0.143. The van der Waals surface area contributed by atoms with Crippen LogP contribution in [0.1, 0.15) is 32.3 Å². The van der Waals surface area contributed by atoms with Gasteiger partial charge in [0.2, 0.25) is 0 Å². The molecular formula is C18H32IN3O2. The minimum atomic E-state index is 0. The summed E-state index contributed by atoms with van der Waals surface area (Å²) < 4.78 is 11.3. The minimum absolute atomic E-state index is 0. The number of aliphatic imine (C=N–C) groups is 1. The van der Waals surface area contributed by atoms with E-state index in [-0.39, 0.29) is 30.1 Å². The SMILES string of the molecule is CCOCCCCNC(=NC)NCC(C)Oc1ccccc1C.I. The Morgan fingerprint density at radius 1 is 1.21 bits per heavy atom. The van der Waals surface area contributed by atoms with Gasteiger partial charge in [-0.3, -0.25) is 4.99 Å². The maximum absolute atomic E-state index is 5.95. The number of halogens is 1. The van der Waals surface area contributed by atoms with Crippen LogP contribution < -0.4 is 15.4 Å². The van der Waals surface area contributed by atoms with E-state index in [1.54, 1.807) is 7.05 Å². The second kappa shape index (κ2) is 14.3. The van der Waals surface area contributed by atoms with Gasteiger partial charge in [0.1, 0.15) is 11.9 Å². The van der Waals surface area contributed by atoms with Gasteiger partial charge in [0.15, 0.2) is 5.96 Å². The summed E-state index contributed by atoms with van der Waals surface area (Å²) in [5.41, 5.74) is 1.15. The molecule has 0 aliphatic rings. The molecule has 0 aromatic heterocycles. The molecule has 6 heteroatoms. The number of guanidine groups is 1. The van der Waals surface area contributed by atoms with Crippen LogP contribution in [0, 0.1) is 6.92 Å². The first-order chi connectivity index (χ1) is 11.2. The molecule has 0 saturated carbocycles. The van der Waals surface area contributed by atoms with Crippen LogP contribution in [0.25, 0.3) is 0 Å². The van der Waals surface area contributed by atoms with Crippen LogP contribution in [0.5, 0.6) is 5.75 Å². The molecule has 138 valence electrons. The Balaban J connectivity index is 0.00000529. The third-order valence-electron chi connectivity index (χ3n) is 3.41. The minimum Gasteiger partial charge on any atom is -0.489 e. The fourth-order valence-corrected chi connectivity index (χ4v) is 2.09. The van der Waals surface area contributed by atoms with E-state index in [9.17, 15) is 0 Å². The van der Waals surface area contributed by atoms with Gasteiger partial charge >= 0.3 is 0 Å². The van der Waals surface area contributed by atoms with Crippen molar-refractivity contribution in [2.75, 3.05) is 33.4 Å². The number of nitrogens with zero attached hydrogens (tertiary/aromatic N) is 1. The van der Waals surface area contributed by atoms with Gasteiger partial charge < -0.3 is 20.1 Å². The predicted octanol–water partition coefficient (Wildman–Crippen LogP) is 3.36. The molecule has 0 saturated heterocycles. The molecule has 0 fully saturated rings. The van der Waals surface area contributed by atoms with E-state index < -0.39 is 0 Å². The summed E-state index contributed by atoms with van der Waals surface area (Å²) in [6.07, 6.45) is 2.19. The van der Waals surface area contributed by atoms with E-state index in [1.165, 1.54) is 0 Å². The highest BCUT2D eigenvalue weighted by molar-refractivity contribution is 14.0. The van der Waals surface area contributed by atoms with Crippen LogP contribution in [-0.2, 0) is 4.74 Å². The lowest BCUT2D eigenvalue weighted by atomic mass is 10.2. The van der Waals surface area contributed by atoms with Crippen LogP contribution in [0.2, 0.25) is 0 Å². The van der Waals surface area contributed by atoms with Crippen molar-refractivity contribution in [2.24, 2.45) is 4.99 Å². The number of unbranched alkanes of at least 4 members (excludes halogenated alkanes) is 1. The molecule has 2 N–H and O–H groups in total. The zero-order valence-corrected chi connectivity index (χ0v) is 17.6. The van der Waals surface area contributed by atoms with Crippen LogP contribution in [0.4, 0.5) is 0 Å². The van der Waals surface area contributed by atoms with Gasteiger partial charge in [-0.15, -0.1) is 24.0 Å². The summed E-state index contributed by atoms with van der Waals surface area (Å²) >= 11 is 0. The molecule has 5 nitrogen and oxygen atoms in total. The standard InChI is InChI=1S/C18H31N3O2.HI/c1-5-22-13-9-8-12-20-18(19-4)21-14-16(3)23-17-11-7-6-10-15(17)2;/h6-7,10-11,16H,5,8-9,12-14H2,1-4H3,(H2,19,20,21);1H. The second-order valence-electron chi connectivity index (χ2n) is 5.48. The molecule has 0 spiro atoms. The molecule has 24 heavy (non-hydrogen) atoms. The maximum Gasteiger partial charge on any atom is 0.191 e. The maximum atomic E-state index is 5.95. The van der Waals surface area contributed by atoms with Crippen molar-refractivity contribution in [3.63, 3.8) is 0 Å². The lowest BCUT2D eigenvalue weighted by Gasteiger charge is -2.18. The number of rotatable bonds is 10. The Labute approximate surface area is 163 Å². The summed E-state index contributed by atoms with van der Waals surface area (Å²) in [5.74, 6) is 1.74. The Bertz CT molecular complexity index is 469. The summed E-state index contributed by atoms with van der Waals surface area (Å²) in [4.78, 5) is 4.23. The molecule has 1 rings (SSSR count). The molecule has 0 aliphatic heterocycles. The lowest BCUT2D eigenvalue weighted by Crippen LogP contribution is -2.42. The number of para-hydroxylation sites is 1. The van der Waals surface area contributed by atoms with Gasteiger partial charge in [-0.05, 0) is 45.2 Å². The number of nitrogens with one attached hydrogen (secondary N) is 2. The highest BCUT2D eigenvalue weighted by Crippen LogP contribution is 2.17. The van der Waals surface area contributed by atoms with Crippen LogP contribution >= 0.6 is 24.0 Å². The molecule has 0 radical (unpaired) electrons. The first kappa shape index (κ1) is 23.0. The van der Waals surface area contributed by atoms with Crippen molar-refractivity contribution in [3.05, 3.63) is 29.8 Å². The Morgan fingerprint density at radius 3 is 2.62 bits per heavy atom. The molecule has 0 heterocycles. The average molecular weight is 449 g/mol. The number of aryl methyl sites for hydroxylation is 1. The Hall–Kier alpha value is -1.02. The van der Waals surface area contributed by atoms with Gasteiger partial charge in [-0.25, -0.2) is 0 Å². The molecular weight excluding hydrogens is 417 g/mol. The van der Waals surface area contributed by atoms with Crippen molar-refractivity contribution in [3.8, 4) is 5.75 Å². The summed E-state index contributed by atoms with van der Waals surface area (Å²) in [6.45, 7) is 9.32. The van der Waals surface area contributed by atoms with Crippen molar-refractivity contribution >= 4 is 29.9 Å². The predicted molar refractivity (Wildman–Crippen MR) is 112 cm³/mol. The third-order valence-corrected chi connectivity index (χ3v) is 3.41. The molecule has 0 amide bonds. The fourth-order valence-electron chi connectivity index (χ4n) is 2.09. The quantitative estimate of drug-likeness (QED) is 0.249. The van der Waals surface area contributed by atoms with Crippen LogP contribution in [0.3, 0.4) is 0 Å². The van der Waals surface area contributed by atoms with Crippen LogP contribution in [0.15, 0.2) is 29.3 Å². The van der Waals surface area contributed by atoms with Gasteiger partial charge in [0.05, 0.1) is 6.54 Å². The zero-order valence-electron chi connectivity index (χ0n) is 15.3. The van der Waals surface area contributed by atoms with Crippen LogP contribution in [-0.4, -0.2) is 45.4 Å². The van der Waals surface area contributed by atoms with E-state index in [4.69, 9.17) is 9.47 Å².